The van der Waals surface area contributed by atoms with Gasteiger partial charge >= 0.3 is 5.97 Å². The first kappa shape index (κ1) is 16.7. The molecule has 0 saturated heterocycles. The van der Waals surface area contributed by atoms with E-state index in [1.807, 2.05) is 0 Å². The number of aromatic nitrogens is 4. The number of hydrogen-bond donors (Lipinski definition) is 0. The maximum atomic E-state index is 11.8. The second-order valence-electron chi connectivity index (χ2n) is 5.15. The normalized spacial score (nSPS) is 13.8. The topological polar surface area (TPSA) is 117 Å². The van der Waals surface area contributed by atoms with Crippen LogP contribution in [0.25, 0.3) is 11.2 Å². The lowest BCUT2D eigenvalue weighted by molar-refractivity contribution is -0.146. The molecule has 2 amide bonds. The van der Waals surface area contributed by atoms with Crippen molar-refractivity contribution in [3.05, 3.63) is 30.5 Å². The summed E-state index contributed by atoms with van der Waals surface area (Å²) in [4.78, 5) is 45.6. The summed E-state index contributed by atoms with van der Waals surface area (Å²) in [5.41, 5.74) is 0.873. The minimum atomic E-state index is -0.536. The number of nitrogens with zero attached hydrogens (tertiary/aromatic N) is 5. The molecule has 0 bridgehead atoms. The zero-order valence-corrected chi connectivity index (χ0v) is 13.2. The number of amides is 2. The minimum absolute atomic E-state index is 0.0251. The van der Waals surface area contributed by atoms with Crippen LogP contribution < -0.4 is 4.84 Å². The minimum Gasteiger partial charge on any atom is -0.381 e. The van der Waals surface area contributed by atoms with Gasteiger partial charge in [0, 0.05) is 31.5 Å². The first-order valence-corrected chi connectivity index (χ1v) is 7.64. The van der Waals surface area contributed by atoms with Crippen molar-refractivity contribution in [2.75, 3.05) is 19.8 Å². The van der Waals surface area contributed by atoms with Gasteiger partial charge in [0.25, 0.3) is 11.8 Å². The second kappa shape index (κ2) is 7.62. The molecule has 0 unspecified atom stereocenters. The molecule has 0 saturated carbocycles. The molecule has 1 aliphatic rings. The van der Waals surface area contributed by atoms with Gasteiger partial charge in [0.1, 0.15) is 5.52 Å². The molecular weight excluding hydrogens is 330 g/mol. The molecular formula is C15H15N5O5. The highest BCUT2D eigenvalue weighted by Crippen LogP contribution is 2.05. The number of ether oxygens (including phenoxy) is 1. The summed E-state index contributed by atoms with van der Waals surface area (Å²) in [6, 6.07) is 3.41. The molecule has 10 heteroatoms. The summed E-state index contributed by atoms with van der Waals surface area (Å²) in [6.45, 7) is 0.753. The van der Waals surface area contributed by atoms with Crippen molar-refractivity contribution in [2.24, 2.45) is 0 Å². The highest BCUT2D eigenvalue weighted by atomic mass is 16.7. The van der Waals surface area contributed by atoms with Gasteiger partial charge in [-0.05, 0) is 28.6 Å². The lowest BCUT2D eigenvalue weighted by Gasteiger charge is -2.13. The van der Waals surface area contributed by atoms with Crippen molar-refractivity contribution in [1.29, 1.82) is 0 Å². The van der Waals surface area contributed by atoms with Crippen molar-refractivity contribution >= 4 is 28.9 Å². The van der Waals surface area contributed by atoms with E-state index in [1.165, 1.54) is 12.2 Å². The summed E-state index contributed by atoms with van der Waals surface area (Å²) < 4.78 is 5.31. The molecule has 1 aliphatic heterocycles. The van der Waals surface area contributed by atoms with Gasteiger partial charge in [-0.25, -0.2) is 9.78 Å². The van der Waals surface area contributed by atoms with E-state index in [4.69, 9.17) is 9.57 Å². The standard InChI is InChI=1S/C15H15N5O5/c21-12-4-5-13(22)19(12)8-2-9-24-10-6-14(23)25-20-15-11(17-18-20)3-1-7-16-15/h1,3-5,7H,2,6,8-10H2. The van der Waals surface area contributed by atoms with Gasteiger partial charge in [-0.2, -0.15) is 0 Å². The first-order valence-electron chi connectivity index (χ1n) is 7.64. The second-order valence-corrected chi connectivity index (χ2v) is 5.15. The van der Waals surface area contributed by atoms with E-state index in [1.54, 1.807) is 18.3 Å². The number of carbonyl (C=O) groups is 3. The van der Waals surface area contributed by atoms with Crippen LogP contribution in [0.2, 0.25) is 0 Å². The van der Waals surface area contributed by atoms with E-state index in [2.05, 4.69) is 15.3 Å². The van der Waals surface area contributed by atoms with Crippen molar-refractivity contribution < 1.29 is 24.0 Å². The van der Waals surface area contributed by atoms with Crippen LogP contribution in [0, 0.1) is 0 Å². The molecule has 2 aromatic heterocycles. The van der Waals surface area contributed by atoms with Crippen LogP contribution in [0.4, 0.5) is 0 Å². The van der Waals surface area contributed by atoms with Gasteiger partial charge in [-0.15, -0.1) is 5.10 Å². The third kappa shape index (κ3) is 4.04. The Morgan fingerprint density at radius 3 is 2.76 bits per heavy atom. The summed E-state index contributed by atoms with van der Waals surface area (Å²) in [5, 5.41) is 7.52. The van der Waals surface area contributed by atoms with Gasteiger partial charge in [0.2, 0.25) is 5.65 Å². The van der Waals surface area contributed by atoms with Crippen LogP contribution in [0.3, 0.4) is 0 Å². The number of fused-ring (bicyclic) bond motifs is 1. The molecule has 0 spiro atoms. The monoisotopic (exact) mass is 345 g/mol. The van der Waals surface area contributed by atoms with Crippen molar-refractivity contribution in [3.8, 4) is 0 Å². The molecule has 2 aromatic rings. The summed E-state index contributed by atoms with van der Waals surface area (Å²) in [5.74, 6) is -1.17. The van der Waals surface area contributed by atoms with Crippen molar-refractivity contribution in [1.82, 2.24) is 25.0 Å². The third-order valence-corrected chi connectivity index (χ3v) is 3.39. The largest absolute Gasteiger partial charge is 0.381 e. The summed E-state index contributed by atoms with van der Waals surface area (Å²) >= 11 is 0. The van der Waals surface area contributed by atoms with Crippen LogP contribution >= 0.6 is 0 Å². The van der Waals surface area contributed by atoms with E-state index >= 15 is 0 Å². The fourth-order valence-electron chi connectivity index (χ4n) is 2.18. The smallest absolute Gasteiger partial charge is 0.337 e. The Kier molecular flexibility index (Phi) is 5.09. The molecule has 0 atom stereocenters. The lowest BCUT2D eigenvalue weighted by Crippen LogP contribution is -2.31. The number of imide groups is 1. The molecule has 0 aliphatic carbocycles. The Morgan fingerprint density at radius 2 is 1.96 bits per heavy atom. The van der Waals surface area contributed by atoms with E-state index in [0.717, 1.165) is 9.75 Å². The molecule has 130 valence electrons. The number of pyridine rings is 1. The zero-order chi connectivity index (χ0) is 17.6. The van der Waals surface area contributed by atoms with Crippen LogP contribution in [0.5, 0.6) is 0 Å². The average Bonchev–Trinajstić information content (AvgIpc) is 3.15. The van der Waals surface area contributed by atoms with Gasteiger partial charge in [0.15, 0.2) is 0 Å². The highest BCUT2D eigenvalue weighted by Gasteiger charge is 2.22. The predicted molar refractivity (Wildman–Crippen MR) is 82.8 cm³/mol. The zero-order valence-electron chi connectivity index (χ0n) is 13.2. The third-order valence-electron chi connectivity index (χ3n) is 3.39. The molecule has 3 heterocycles. The molecule has 0 radical (unpaired) electrons. The summed E-state index contributed by atoms with van der Waals surface area (Å²) in [7, 11) is 0. The van der Waals surface area contributed by atoms with Crippen LogP contribution in [-0.2, 0) is 19.1 Å². The SMILES string of the molecule is O=C(CCOCCCN1C(=O)C=CC1=O)On1nnc2cccnc21. The fraction of sp³-hybridized carbons (Fsp3) is 0.333. The van der Waals surface area contributed by atoms with Crippen molar-refractivity contribution in [2.45, 2.75) is 12.8 Å². The molecule has 0 fully saturated rings. The molecule has 0 aromatic carbocycles. The van der Waals surface area contributed by atoms with Gasteiger partial charge in [0.05, 0.1) is 13.0 Å². The Bertz CT molecular complexity index is 813. The molecule has 0 N–H and O–H groups in total. The van der Waals surface area contributed by atoms with E-state index in [9.17, 15) is 14.4 Å². The van der Waals surface area contributed by atoms with Gasteiger partial charge in [-0.3, -0.25) is 14.5 Å². The van der Waals surface area contributed by atoms with Gasteiger partial charge in [-0.1, -0.05) is 0 Å². The maximum Gasteiger partial charge on any atom is 0.337 e. The highest BCUT2D eigenvalue weighted by molar-refractivity contribution is 6.12. The maximum absolute atomic E-state index is 11.8. The number of hydrogen-bond acceptors (Lipinski definition) is 8. The Balaban J connectivity index is 1.33. The van der Waals surface area contributed by atoms with Crippen molar-refractivity contribution in [3.63, 3.8) is 0 Å². The number of carbonyl (C=O) groups excluding carboxylic acids is 3. The van der Waals surface area contributed by atoms with E-state index in [0.29, 0.717) is 24.2 Å². The van der Waals surface area contributed by atoms with E-state index < -0.39 is 5.97 Å². The number of rotatable bonds is 8. The first-order chi connectivity index (χ1) is 12.1. The lowest BCUT2D eigenvalue weighted by atomic mass is 10.4. The van der Waals surface area contributed by atoms with E-state index in [-0.39, 0.29) is 31.4 Å². The summed E-state index contributed by atoms with van der Waals surface area (Å²) in [6.07, 6.45) is 4.54. The van der Waals surface area contributed by atoms with Gasteiger partial charge < -0.3 is 9.57 Å². The Hall–Kier alpha value is -3.14. The molecule has 10 nitrogen and oxygen atoms in total. The van der Waals surface area contributed by atoms with Crippen LogP contribution in [0.1, 0.15) is 12.8 Å². The van der Waals surface area contributed by atoms with Crippen LogP contribution in [-0.4, -0.2) is 62.6 Å². The molecule has 3 rings (SSSR count). The molecule has 25 heavy (non-hydrogen) atoms. The van der Waals surface area contributed by atoms with Crippen LogP contribution in [0.15, 0.2) is 30.5 Å². The fourth-order valence-corrected chi connectivity index (χ4v) is 2.18. The average molecular weight is 345 g/mol. The predicted octanol–water partition coefficient (Wildman–Crippen LogP) is -0.497. The quantitative estimate of drug-likeness (QED) is 0.357. The Morgan fingerprint density at radius 1 is 1.16 bits per heavy atom. The Labute approximate surface area is 142 Å².